The highest BCUT2D eigenvalue weighted by atomic mass is 35.5. The summed E-state index contributed by atoms with van der Waals surface area (Å²) in [6.07, 6.45) is 2.45. The van der Waals surface area contributed by atoms with Gasteiger partial charge < -0.3 is 9.64 Å². The van der Waals surface area contributed by atoms with Gasteiger partial charge in [-0.05, 0) is 29.7 Å². The van der Waals surface area contributed by atoms with E-state index in [1.54, 1.807) is 24.3 Å². The van der Waals surface area contributed by atoms with E-state index in [1.165, 1.54) is 4.31 Å². The van der Waals surface area contributed by atoms with E-state index in [1.807, 2.05) is 6.20 Å². The molecule has 1 aromatic heterocycles. The average Bonchev–Trinajstić information content (AvgIpc) is 2.67. The number of hydrogen-bond donors (Lipinski definition) is 0. The first kappa shape index (κ1) is 18.6. The first-order chi connectivity index (χ1) is 13.0. The zero-order valence-corrected chi connectivity index (χ0v) is 16.4. The lowest BCUT2D eigenvalue weighted by Gasteiger charge is -2.30. The number of aromatic nitrogens is 2. The van der Waals surface area contributed by atoms with Gasteiger partial charge in [0, 0.05) is 30.9 Å². The third-order valence-electron chi connectivity index (χ3n) is 4.82. The van der Waals surface area contributed by atoms with Crippen LogP contribution in [-0.4, -0.2) is 55.5 Å². The molecule has 4 rings (SSSR count). The number of morpholine rings is 1. The summed E-state index contributed by atoms with van der Waals surface area (Å²) >= 11 is 5.98. The maximum absolute atomic E-state index is 12.9. The molecule has 1 aromatic carbocycles. The van der Waals surface area contributed by atoms with Crippen LogP contribution in [0.15, 0.2) is 30.5 Å². The molecule has 0 atom stereocenters. The second-order valence-corrected chi connectivity index (χ2v) is 9.12. The van der Waals surface area contributed by atoms with Crippen LogP contribution in [0, 0.1) is 0 Å². The molecule has 0 N–H and O–H groups in total. The largest absolute Gasteiger partial charge is 0.378 e. The van der Waals surface area contributed by atoms with E-state index in [-0.39, 0.29) is 12.3 Å². The molecule has 0 amide bonds. The number of hydrogen-bond acceptors (Lipinski definition) is 6. The number of ether oxygens (including phenoxy) is 1. The van der Waals surface area contributed by atoms with E-state index >= 15 is 0 Å². The van der Waals surface area contributed by atoms with Gasteiger partial charge in [0.1, 0.15) is 0 Å². The van der Waals surface area contributed by atoms with Gasteiger partial charge in [-0.2, -0.15) is 4.31 Å². The van der Waals surface area contributed by atoms with Gasteiger partial charge in [0.25, 0.3) is 0 Å². The number of fused-ring (bicyclic) bond motifs is 1. The Kier molecular flexibility index (Phi) is 5.32. The van der Waals surface area contributed by atoms with Crippen molar-refractivity contribution in [2.75, 3.05) is 37.7 Å². The SMILES string of the molecule is O=S(=O)(Cc1cccc(Cl)c1)N1CCc2cnc(N3CCOCC3)nc2C1. The highest BCUT2D eigenvalue weighted by Crippen LogP contribution is 2.24. The van der Waals surface area contributed by atoms with Crippen LogP contribution in [0.25, 0.3) is 0 Å². The minimum Gasteiger partial charge on any atom is -0.378 e. The van der Waals surface area contributed by atoms with E-state index in [0.717, 1.165) is 24.3 Å². The number of benzene rings is 1. The Morgan fingerprint density at radius 2 is 2.00 bits per heavy atom. The molecule has 9 heteroatoms. The lowest BCUT2D eigenvalue weighted by molar-refractivity contribution is 0.122. The summed E-state index contributed by atoms with van der Waals surface area (Å²) in [5.41, 5.74) is 2.48. The Morgan fingerprint density at radius 1 is 1.19 bits per heavy atom. The van der Waals surface area contributed by atoms with Crippen LogP contribution in [0.5, 0.6) is 0 Å². The predicted octanol–water partition coefficient (Wildman–Crippen LogP) is 1.85. The fraction of sp³-hybridized carbons (Fsp3) is 0.444. The van der Waals surface area contributed by atoms with Crippen molar-refractivity contribution in [1.82, 2.24) is 14.3 Å². The highest BCUT2D eigenvalue weighted by molar-refractivity contribution is 7.88. The van der Waals surface area contributed by atoms with Crippen molar-refractivity contribution < 1.29 is 13.2 Å². The number of nitrogens with zero attached hydrogens (tertiary/aromatic N) is 4. The van der Waals surface area contributed by atoms with Crippen molar-refractivity contribution in [3.63, 3.8) is 0 Å². The molecule has 0 bridgehead atoms. The third kappa shape index (κ3) is 4.24. The molecule has 144 valence electrons. The van der Waals surface area contributed by atoms with Gasteiger partial charge in [0.05, 0.1) is 31.2 Å². The standard InChI is InChI=1S/C18H21ClN4O3S/c19-16-3-1-2-14(10-16)13-27(24,25)23-5-4-15-11-20-18(21-17(15)12-23)22-6-8-26-9-7-22/h1-3,10-11H,4-9,12-13H2. The fourth-order valence-corrected chi connectivity index (χ4v) is 5.04. The van der Waals surface area contributed by atoms with E-state index in [0.29, 0.717) is 42.7 Å². The van der Waals surface area contributed by atoms with Crippen LogP contribution in [0.4, 0.5) is 5.95 Å². The minimum absolute atomic E-state index is 0.0652. The molecule has 1 saturated heterocycles. The summed E-state index contributed by atoms with van der Waals surface area (Å²) in [7, 11) is -3.45. The topological polar surface area (TPSA) is 75.6 Å². The van der Waals surface area contributed by atoms with Crippen molar-refractivity contribution in [3.8, 4) is 0 Å². The Bertz CT molecular complexity index is 932. The molecular weight excluding hydrogens is 388 g/mol. The molecule has 1 fully saturated rings. The second-order valence-electron chi connectivity index (χ2n) is 6.71. The summed E-state index contributed by atoms with van der Waals surface area (Å²) in [5, 5.41) is 0.537. The Morgan fingerprint density at radius 3 is 2.78 bits per heavy atom. The normalized spacial score (nSPS) is 18.3. The maximum atomic E-state index is 12.9. The summed E-state index contributed by atoms with van der Waals surface area (Å²) in [6, 6.07) is 6.97. The van der Waals surface area contributed by atoms with Gasteiger partial charge >= 0.3 is 0 Å². The fourth-order valence-electron chi connectivity index (χ4n) is 3.35. The Balaban J connectivity index is 1.52. The monoisotopic (exact) mass is 408 g/mol. The van der Waals surface area contributed by atoms with Crippen LogP contribution >= 0.6 is 11.6 Å². The minimum atomic E-state index is -3.45. The second kappa shape index (κ2) is 7.71. The Labute approximate surface area is 164 Å². The van der Waals surface area contributed by atoms with Crippen LogP contribution < -0.4 is 4.90 Å². The third-order valence-corrected chi connectivity index (χ3v) is 6.86. The van der Waals surface area contributed by atoms with E-state index in [4.69, 9.17) is 16.3 Å². The molecular formula is C18H21ClN4O3S. The van der Waals surface area contributed by atoms with Gasteiger partial charge in [-0.3, -0.25) is 0 Å². The van der Waals surface area contributed by atoms with Crippen molar-refractivity contribution in [1.29, 1.82) is 0 Å². The highest BCUT2D eigenvalue weighted by Gasteiger charge is 2.29. The smallest absolute Gasteiger partial charge is 0.225 e. The number of sulfonamides is 1. The van der Waals surface area contributed by atoms with Gasteiger partial charge in [0.2, 0.25) is 16.0 Å². The van der Waals surface area contributed by atoms with Gasteiger partial charge in [-0.1, -0.05) is 23.7 Å². The Hall–Kier alpha value is -1.74. The molecule has 0 radical (unpaired) electrons. The van der Waals surface area contributed by atoms with E-state index in [2.05, 4.69) is 14.9 Å². The molecule has 7 nitrogen and oxygen atoms in total. The van der Waals surface area contributed by atoms with Crippen LogP contribution in [0.3, 0.4) is 0 Å². The molecule has 0 aliphatic carbocycles. The molecule has 2 aromatic rings. The molecule has 2 aliphatic rings. The molecule has 0 saturated carbocycles. The van der Waals surface area contributed by atoms with Crippen molar-refractivity contribution in [2.24, 2.45) is 0 Å². The molecule has 3 heterocycles. The summed E-state index contributed by atoms with van der Waals surface area (Å²) in [5.74, 6) is 0.579. The molecule has 27 heavy (non-hydrogen) atoms. The zero-order valence-electron chi connectivity index (χ0n) is 14.8. The molecule has 0 spiro atoms. The van der Waals surface area contributed by atoms with Crippen LogP contribution in [0.1, 0.15) is 16.8 Å². The summed E-state index contributed by atoms with van der Waals surface area (Å²) in [6.45, 7) is 3.51. The van der Waals surface area contributed by atoms with Gasteiger partial charge in [-0.15, -0.1) is 0 Å². The number of halogens is 1. The summed E-state index contributed by atoms with van der Waals surface area (Å²) < 4.78 is 32.6. The van der Waals surface area contributed by atoms with Crippen molar-refractivity contribution in [2.45, 2.75) is 18.7 Å². The zero-order chi connectivity index (χ0) is 18.9. The summed E-state index contributed by atoms with van der Waals surface area (Å²) in [4.78, 5) is 11.2. The van der Waals surface area contributed by atoms with Crippen LogP contribution in [0.2, 0.25) is 5.02 Å². The van der Waals surface area contributed by atoms with E-state index in [9.17, 15) is 8.42 Å². The lowest BCUT2D eigenvalue weighted by Crippen LogP contribution is -2.39. The molecule has 2 aliphatic heterocycles. The quantitative estimate of drug-likeness (QED) is 0.768. The van der Waals surface area contributed by atoms with Crippen molar-refractivity contribution in [3.05, 3.63) is 52.3 Å². The van der Waals surface area contributed by atoms with E-state index < -0.39 is 10.0 Å². The predicted molar refractivity (Wildman–Crippen MR) is 103 cm³/mol. The first-order valence-corrected chi connectivity index (χ1v) is 10.9. The number of rotatable bonds is 4. The van der Waals surface area contributed by atoms with Gasteiger partial charge in [0.15, 0.2) is 0 Å². The molecule has 0 unspecified atom stereocenters. The number of anilines is 1. The van der Waals surface area contributed by atoms with Gasteiger partial charge in [-0.25, -0.2) is 18.4 Å². The lowest BCUT2D eigenvalue weighted by atomic mass is 10.1. The van der Waals surface area contributed by atoms with Crippen molar-refractivity contribution >= 4 is 27.6 Å². The average molecular weight is 409 g/mol. The first-order valence-electron chi connectivity index (χ1n) is 8.91. The maximum Gasteiger partial charge on any atom is 0.225 e. The van der Waals surface area contributed by atoms with Crippen LogP contribution in [-0.2, 0) is 33.5 Å².